The van der Waals surface area contributed by atoms with E-state index in [0.29, 0.717) is 55.6 Å². The number of nitrogens with zero attached hydrogens (tertiary/aromatic N) is 5. The van der Waals surface area contributed by atoms with E-state index in [-0.39, 0.29) is 5.91 Å². The van der Waals surface area contributed by atoms with Crippen LogP contribution >= 0.6 is 0 Å². The number of ether oxygens (including phenoxy) is 1. The van der Waals surface area contributed by atoms with E-state index in [1.54, 1.807) is 24.1 Å². The summed E-state index contributed by atoms with van der Waals surface area (Å²) in [6.07, 6.45) is 13.5. The van der Waals surface area contributed by atoms with E-state index in [1.807, 2.05) is 30.1 Å². The molecule has 2 saturated carbocycles. The number of carbonyl (C=O) groups is 2. The van der Waals surface area contributed by atoms with E-state index in [4.69, 9.17) is 4.74 Å². The van der Waals surface area contributed by atoms with Gasteiger partial charge in [-0.15, -0.1) is 0 Å². The van der Waals surface area contributed by atoms with Crippen LogP contribution in [0.1, 0.15) is 108 Å². The Morgan fingerprint density at radius 1 is 0.943 bits per heavy atom. The number of methoxy groups -OCH3 is 1. The van der Waals surface area contributed by atoms with Crippen molar-refractivity contribution in [1.29, 1.82) is 0 Å². The number of benzene rings is 2. The lowest BCUT2D eigenvalue weighted by Gasteiger charge is -2.36. The highest BCUT2D eigenvalue weighted by Crippen LogP contribution is 2.48. The van der Waals surface area contributed by atoms with Gasteiger partial charge in [-0.2, -0.15) is 5.10 Å². The number of hydrogen-bond donors (Lipinski definition) is 1. The number of allylic oxidation sites excluding steroid dienone is 1. The molecule has 0 bridgehead atoms. The average molecular weight is 739 g/mol. The summed E-state index contributed by atoms with van der Waals surface area (Å²) >= 11 is 0. The van der Waals surface area contributed by atoms with E-state index in [1.165, 1.54) is 12.0 Å². The highest BCUT2D eigenvalue weighted by molar-refractivity contribution is 7.90. The maximum atomic E-state index is 14.4. The zero-order chi connectivity index (χ0) is 37.0. The Morgan fingerprint density at radius 2 is 1.74 bits per heavy atom. The number of amides is 2. The molecule has 2 aromatic carbocycles. The molecular weight excluding hydrogens is 689 g/mol. The van der Waals surface area contributed by atoms with Gasteiger partial charge in [0.25, 0.3) is 11.8 Å². The van der Waals surface area contributed by atoms with E-state index in [2.05, 4.69) is 51.6 Å². The molecule has 1 atom stereocenters. The van der Waals surface area contributed by atoms with Crippen molar-refractivity contribution in [2.45, 2.75) is 88.0 Å². The van der Waals surface area contributed by atoms with Gasteiger partial charge in [0.1, 0.15) is 5.75 Å². The molecule has 4 heterocycles. The molecule has 1 unspecified atom stereocenters. The summed E-state index contributed by atoms with van der Waals surface area (Å²) in [4.78, 5) is 32.1. The van der Waals surface area contributed by atoms with Gasteiger partial charge < -0.3 is 19.1 Å². The second-order valence-corrected chi connectivity index (χ2v) is 17.6. The molecular formula is C41H50N6O5S. The molecule has 4 aliphatic rings. The van der Waals surface area contributed by atoms with Gasteiger partial charge in [-0.05, 0) is 112 Å². The Bertz CT molecular complexity index is 2220. The minimum atomic E-state index is -3.76. The number of aryl methyl sites for hydroxylation is 1. The molecule has 280 valence electrons. The number of rotatable bonds is 8. The van der Waals surface area contributed by atoms with Gasteiger partial charge >= 0.3 is 0 Å². The maximum absolute atomic E-state index is 14.4. The van der Waals surface area contributed by atoms with Crippen LogP contribution in [0.4, 0.5) is 0 Å². The van der Waals surface area contributed by atoms with Crippen molar-refractivity contribution in [3.8, 4) is 17.0 Å². The quantitative estimate of drug-likeness (QED) is 0.221. The smallest absolute Gasteiger partial charge is 0.264 e. The summed E-state index contributed by atoms with van der Waals surface area (Å²) < 4.78 is 38.2. The van der Waals surface area contributed by atoms with Gasteiger partial charge in [-0.25, -0.2) is 13.1 Å². The Labute approximate surface area is 312 Å². The number of aromatic nitrogens is 3. The summed E-state index contributed by atoms with van der Waals surface area (Å²) in [6.45, 7) is 1.79. The molecule has 8 rings (SSSR count). The van der Waals surface area contributed by atoms with Crippen LogP contribution in [0.2, 0.25) is 0 Å². The Kier molecular flexibility index (Phi) is 9.47. The predicted octanol–water partition coefficient (Wildman–Crippen LogP) is 6.43. The predicted molar refractivity (Wildman–Crippen MR) is 207 cm³/mol. The molecule has 2 amide bonds. The first-order chi connectivity index (χ1) is 25.5. The van der Waals surface area contributed by atoms with E-state index in [9.17, 15) is 18.0 Å². The minimum Gasteiger partial charge on any atom is -0.497 e. The summed E-state index contributed by atoms with van der Waals surface area (Å²) in [6, 6.07) is 12.1. The van der Waals surface area contributed by atoms with Crippen LogP contribution in [0.5, 0.6) is 5.75 Å². The van der Waals surface area contributed by atoms with Crippen molar-refractivity contribution in [2.75, 3.05) is 34.3 Å². The zero-order valence-corrected chi connectivity index (χ0v) is 32.0. The van der Waals surface area contributed by atoms with Crippen LogP contribution in [0.15, 0.2) is 42.6 Å². The Morgan fingerprint density at radius 3 is 2.45 bits per heavy atom. The van der Waals surface area contributed by atoms with E-state index in [0.717, 1.165) is 89.7 Å². The highest BCUT2D eigenvalue weighted by Gasteiger charge is 2.35. The molecule has 2 aliphatic carbocycles. The lowest BCUT2D eigenvalue weighted by atomic mass is 9.81. The fraction of sp³-hybridized carbons (Fsp3) is 0.488. The summed E-state index contributed by atoms with van der Waals surface area (Å²) in [5, 5.41) is 5.20. The number of likely N-dealkylation sites (N-methyl/N-ethyl adjacent to an activating group) is 1. The van der Waals surface area contributed by atoms with Gasteiger partial charge in [0.2, 0.25) is 10.0 Å². The third kappa shape index (κ3) is 6.47. The largest absolute Gasteiger partial charge is 0.497 e. The van der Waals surface area contributed by atoms with Gasteiger partial charge in [-0.3, -0.25) is 14.3 Å². The lowest BCUT2D eigenvalue weighted by Crippen LogP contribution is -2.47. The van der Waals surface area contributed by atoms with Gasteiger partial charge in [0, 0.05) is 48.2 Å². The zero-order valence-electron chi connectivity index (χ0n) is 31.2. The molecule has 2 aliphatic heterocycles. The molecule has 53 heavy (non-hydrogen) atoms. The fourth-order valence-electron chi connectivity index (χ4n) is 8.98. The van der Waals surface area contributed by atoms with Gasteiger partial charge in [-0.1, -0.05) is 31.7 Å². The second kappa shape index (κ2) is 14.1. The van der Waals surface area contributed by atoms with Crippen LogP contribution in [-0.4, -0.2) is 90.0 Å². The van der Waals surface area contributed by atoms with Gasteiger partial charge in [0.15, 0.2) is 0 Å². The van der Waals surface area contributed by atoms with Crippen LogP contribution in [-0.2, 0) is 23.6 Å². The SMILES string of the molecule is COc1ccc2c(c1)C=C(c1c(C(=O)N3CCCC(N(C)C)C3)cnn1C)Cn1c-2c(C2CCCCC2)c2ccc(C(=O)NS(=O)(=O)C3CCC3)cc21. The Hall–Kier alpha value is -4.42. The first-order valence-electron chi connectivity index (χ1n) is 19.1. The van der Waals surface area contributed by atoms with E-state index >= 15 is 0 Å². The monoisotopic (exact) mass is 738 g/mol. The Balaban J connectivity index is 1.29. The molecule has 4 aromatic rings. The lowest BCUT2D eigenvalue weighted by molar-refractivity contribution is 0.0634. The van der Waals surface area contributed by atoms with E-state index < -0.39 is 21.2 Å². The highest BCUT2D eigenvalue weighted by atomic mass is 32.2. The fourth-order valence-corrected chi connectivity index (χ4v) is 10.5. The molecule has 12 heteroatoms. The molecule has 1 saturated heterocycles. The third-order valence-electron chi connectivity index (χ3n) is 12.2. The second-order valence-electron chi connectivity index (χ2n) is 15.6. The molecule has 0 radical (unpaired) electrons. The number of piperidine rings is 1. The maximum Gasteiger partial charge on any atom is 0.264 e. The van der Waals surface area contributed by atoms with Crippen LogP contribution < -0.4 is 9.46 Å². The summed E-state index contributed by atoms with van der Waals surface area (Å²) in [5.41, 5.74) is 7.79. The topological polar surface area (TPSA) is 119 Å². The normalized spacial score (nSPS) is 19.7. The third-order valence-corrected chi connectivity index (χ3v) is 14.0. The van der Waals surface area contributed by atoms with Crippen molar-refractivity contribution in [2.24, 2.45) is 7.05 Å². The van der Waals surface area contributed by atoms with Crippen molar-refractivity contribution in [3.05, 3.63) is 70.5 Å². The minimum absolute atomic E-state index is 0.0252. The van der Waals surface area contributed by atoms with Crippen LogP contribution in [0, 0.1) is 0 Å². The number of nitrogens with one attached hydrogen (secondary N) is 1. The summed E-state index contributed by atoms with van der Waals surface area (Å²) in [5.74, 6) is 0.428. The average Bonchev–Trinajstić information content (AvgIpc) is 3.61. The van der Waals surface area contributed by atoms with Gasteiger partial charge in [0.05, 0.1) is 42.1 Å². The number of likely N-dealkylation sites (tertiary alicyclic amines) is 1. The van der Waals surface area contributed by atoms with Crippen molar-refractivity contribution < 1.29 is 22.7 Å². The molecule has 0 spiro atoms. The molecule has 3 fully saturated rings. The van der Waals surface area contributed by atoms with Crippen molar-refractivity contribution in [3.63, 3.8) is 0 Å². The molecule has 2 aromatic heterocycles. The standard InChI is InChI=1S/C41H50N6O5S/c1-44(2)30-12-9-19-46(25-30)41(49)35-23-42-45(3)38(35)29-20-28-21-31(52-4)16-18-33(28)39-37(26-10-6-5-7-11-26)34-17-15-27(22-36(34)47(39)24-29)40(48)43-53(50,51)32-13-8-14-32/h15-18,20-23,26,30,32H,5-14,19,24-25H2,1-4H3,(H,43,48). The van der Waals surface area contributed by atoms with Crippen LogP contribution in [0.3, 0.4) is 0 Å². The number of hydrogen-bond acceptors (Lipinski definition) is 7. The number of fused-ring (bicyclic) bond motifs is 5. The summed E-state index contributed by atoms with van der Waals surface area (Å²) in [7, 11) is 3.94. The molecule has 1 N–H and O–H groups in total. The van der Waals surface area contributed by atoms with Crippen molar-refractivity contribution >= 4 is 44.4 Å². The number of sulfonamides is 1. The van der Waals surface area contributed by atoms with Crippen LogP contribution in [0.25, 0.3) is 33.8 Å². The molecule has 11 nitrogen and oxygen atoms in total. The first-order valence-corrected chi connectivity index (χ1v) is 20.7. The van der Waals surface area contributed by atoms with Crippen molar-refractivity contribution in [1.82, 2.24) is 28.9 Å². The number of carbonyl (C=O) groups excluding carboxylic acids is 2. The first kappa shape index (κ1) is 35.6.